The number of nitrogens with one attached hydrogen (secondary N) is 2. The molecule has 2 aromatic rings. The summed E-state index contributed by atoms with van der Waals surface area (Å²) < 4.78 is 64.2. The molecule has 1 aliphatic carbocycles. The zero-order valence-electron chi connectivity index (χ0n) is 36.2. The molecule has 0 unspecified atom stereocenters. The average Bonchev–Trinajstić information content (AvgIpc) is 3.67. The van der Waals surface area contributed by atoms with Crippen molar-refractivity contribution in [1.29, 1.82) is 0 Å². The minimum Gasteiger partial charge on any atom is -0.691 e. The molecule has 330 valence electrons. The van der Waals surface area contributed by atoms with Crippen molar-refractivity contribution in [3.05, 3.63) is 99.9 Å². The van der Waals surface area contributed by atoms with E-state index in [-0.39, 0.29) is 13.1 Å². The van der Waals surface area contributed by atoms with Crippen molar-refractivity contribution in [1.82, 2.24) is 14.3 Å². The van der Waals surface area contributed by atoms with E-state index in [1.165, 1.54) is 4.90 Å². The number of hydrogen-bond donors (Lipinski definition) is 2. The van der Waals surface area contributed by atoms with Gasteiger partial charge in [0.1, 0.15) is 12.1 Å². The van der Waals surface area contributed by atoms with Crippen LogP contribution in [-0.4, -0.2) is 88.2 Å². The van der Waals surface area contributed by atoms with Crippen LogP contribution >= 0.6 is 12.0 Å². The zero-order chi connectivity index (χ0) is 45.5. The first-order valence-corrected chi connectivity index (χ1v) is 23.8. The van der Waals surface area contributed by atoms with E-state index in [4.69, 9.17) is 4.74 Å². The number of carbonyl (C=O) groups excluding carboxylic acids is 3. The fourth-order valence-electron chi connectivity index (χ4n) is 7.90. The lowest BCUT2D eigenvalue weighted by atomic mass is 9.81. The topological polar surface area (TPSA) is 204 Å². The molecule has 0 fully saturated rings. The van der Waals surface area contributed by atoms with Crippen LogP contribution in [0.4, 0.5) is 16.2 Å². The smallest absolute Gasteiger partial charge is 0.414 e. The molecule has 16 nitrogen and oxygen atoms in total. The summed E-state index contributed by atoms with van der Waals surface area (Å²) in [4.78, 5) is 43.7. The number of ether oxygens (including phenoxy) is 1. The summed E-state index contributed by atoms with van der Waals surface area (Å²) >= 11 is 0.717. The van der Waals surface area contributed by atoms with E-state index < -0.39 is 54.4 Å². The Morgan fingerprint density at radius 1 is 0.918 bits per heavy atom. The lowest BCUT2D eigenvalue weighted by Gasteiger charge is -2.27. The Morgan fingerprint density at radius 2 is 1.57 bits per heavy atom. The second-order valence-corrected chi connectivity index (χ2v) is 21.6. The molecule has 2 aromatic carbocycles. The summed E-state index contributed by atoms with van der Waals surface area (Å²) in [5.41, 5.74) is 5.49. The van der Waals surface area contributed by atoms with Crippen LogP contribution in [0.5, 0.6) is 0 Å². The Balaban J connectivity index is 1.65. The third-order valence-corrected chi connectivity index (χ3v) is 12.2. The molecule has 0 radical (unpaired) electrons. The van der Waals surface area contributed by atoms with Crippen LogP contribution in [0.1, 0.15) is 78.0 Å². The van der Waals surface area contributed by atoms with Gasteiger partial charge in [-0.25, -0.2) is 26.4 Å². The Morgan fingerprint density at radius 3 is 2.20 bits per heavy atom. The van der Waals surface area contributed by atoms with Crippen LogP contribution in [-0.2, 0) is 54.6 Å². The summed E-state index contributed by atoms with van der Waals surface area (Å²) in [6.45, 7) is 14.6. The number of sulfonamides is 2. The van der Waals surface area contributed by atoms with Gasteiger partial charge < -0.3 is 14.9 Å². The molecule has 0 aromatic heterocycles. The van der Waals surface area contributed by atoms with Crippen molar-refractivity contribution < 1.29 is 55.2 Å². The van der Waals surface area contributed by atoms with Gasteiger partial charge in [-0.3, -0.25) is 24.2 Å². The highest BCUT2D eigenvalue weighted by atomic mass is 32.2. The van der Waals surface area contributed by atoms with Crippen molar-refractivity contribution in [2.75, 3.05) is 37.5 Å². The molecule has 0 atom stereocenters. The largest absolute Gasteiger partial charge is 0.691 e. The number of benzene rings is 2. The SMILES string of the molecule is Cc1ccc2c(c1)C(C)(C)/C(=C\C=C1/CCC(/C=C/C3=[N+](CC(=O)NS(C)(=O)=O)c4ccc(SOO[O-])cc4C3(C)C)=C1N(C)C(=O)OC(C)(C)C)N2CC(=O)NS(C)(=O)=O. The van der Waals surface area contributed by atoms with Gasteiger partial charge >= 0.3 is 6.09 Å². The fourth-order valence-corrected chi connectivity index (χ4v) is 9.26. The van der Waals surface area contributed by atoms with Crippen LogP contribution in [0, 0.1) is 6.92 Å². The molecule has 2 N–H and O–H groups in total. The monoisotopic (exact) mass is 899 g/mol. The molecule has 0 bridgehead atoms. The van der Waals surface area contributed by atoms with Crippen LogP contribution < -0.4 is 19.6 Å². The third-order valence-electron chi connectivity index (χ3n) is 10.4. The maximum atomic E-state index is 13.7. The van der Waals surface area contributed by atoms with Gasteiger partial charge in [0.05, 0.1) is 35.7 Å². The Bertz CT molecular complexity index is 2530. The number of anilines is 1. The fraction of sp³-hybridized carbons (Fsp3) is 0.429. The molecule has 2 aliphatic heterocycles. The highest BCUT2D eigenvalue weighted by molar-refractivity contribution is 7.94. The Kier molecular flexibility index (Phi) is 13.6. The maximum Gasteiger partial charge on any atom is 0.414 e. The number of fused-ring (bicyclic) bond motifs is 2. The summed E-state index contributed by atoms with van der Waals surface area (Å²) in [5.74, 6) is -1.45. The van der Waals surface area contributed by atoms with Crippen LogP contribution in [0.15, 0.2) is 88.1 Å². The van der Waals surface area contributed by atoms with Crippen molar-refractivity contribution in [3.63, 3.8) is 0 Å². The summed E-state index contributed by atoms with van der Waals surface area (Å²) in [7, 11) is -6.05. The van der Waals surface area contributed by atoms with E-state index in [0.29, 0.717) is 46.9 Å². The molecule has 61 heavy (non-hydrogen) atoms. The average molecular weight is 900 g/mol. The lowest BCUT2D eigenvalue weighted by Crippen LogP contribution is -2.39. The number of aryl methyl sites for hydroxylation is 1. The van der Waals surface area contributed by atoms with Gasteiger partial charge in [0.2, 0.25) is 32.3 Å². The second kappa shape index (κ2) is 17.5. The summed E-state index contributed by atoms with van der Waals surface area (Å²) in [6, 6.07) is 11.1. The minimum absolute atomic E-state index is 0.259. The van der Waals surface area contributed by atoms with E-state index in [1.807, 2.05) is 81.8 Å². The third kappa shape index (κ3) is 11.0. The van der Waals surface area contributed by atoms with Gasteiger partial charge in [0.15, 0.2) is 5.71 Å². The van der Waals surface area contributed by atoms with E-state index in [0.717, 1.165) is 51.7 Å². The minimum atomic E-state index is -3.86. The maximum absolute atomic E-state index is 13.7. The van der Waals surface area contributed by atoms with Crippen molar-refractivity contribution >= 4 is 67.1 Å². The lowest BCUT2D eigenvalue weighted by molar-refractivity contribution is -0.777. The number of likely N-dealkylation sites (N-methyl/N-ethyl adjacent to an activating group) is 1. The van der Waals surface area contributed by atoms with Crippen LogP contribution in [0.3, 0.4) is 0 Å². The molecular weight excluding hydrogens is 847 g/mol. The first-order valence-electron chi connectivity index (χ1n) is 19.2. The van der Waals surface area contributed by atoms with Crippen LogP contribution in [0.25, 0.3) is 0 Å². The first kappa shape index (κ1) is 47.3. The molecular formula is C42H53N5O11S3. The Labute approximate surface area is 362 Å². The molecule has 0 spiro atoms. The van der Waals surface area contributed by atoms with Gasteiger partial charge in [0.25, 0.3) is 11.8 Å². The molecule has 3 aliphatic rings. The molecule has 2 heterocycles. The predicted molar refractivity (Wildman–Crippen MR) is 230 cm³/mol. The van der Waals surface area contributed by atoms with E-state index in [2.05, 4.69) is 14.1 Å². The molecule has 0 saturated heterocycles. The first-order chi connectivity index (χ1) is 28.1. The Hall–Kier alpha value is -4.79. The van der Waals surface area contributed by atoms with Crippen molar-refractivity contribution in [2.24, 2.45) is 0 Å². The van der Waals surface area contributed by atoms with Gasteiger partial charge in [0, 0.05) is 46.4 Å². The van der Waals surface area contributed by atoms with Crippen molar-refractivity contribution in [2.45, 2.75) is 89.6 Å². The van der Waals surface area contributed by atoms with Gasteiger partial charge in [-0.2, -0.15) is 8.91 Å². The van der Waals surface area contributed by atoms with E-state index >= 15 is 0 Å². The predicted octanol–water partition coefficient (Wildman–Crippen LogP) is 4.83. The molecule has 3 amide bonds. The number of nitrogens with zero attached hydrogens (tertiary/aromatic N) is 3. The zero-order valence-corrected chi connectivity index (χ0v) is 38.6. The highest BCUT2D eigenvalue weighted by Crippen LogP contribution is 2.48. The van der Waals surface area contributed by atoms with Gasteiger partial charge in [-0.05, 0) is 95.4 Å². The molecule has 0 saturated carbocycles. The highest BCUT2D eigenvalue weighted by Gasteiger charge is 2.46. The summed E-state index contributed by atoms with van der Waals surface area (Å²) in [6.07, 6.45) is 9.77. The van der Waals surface area contributed by atoms with E-state index in [1.54, 1.807) is 55.5 Å². The second-order valence-electron chi connectivity index (χ2n) is 17.3. The van der Waals surface area contributed by atoms with Crippen molar-refractivity contribution in [3.8, 4) is 0 Å². The standard InChI is InChI=1S/C42H53N5O11S3/c1-26-12-18-32-30(22-26)41(5,6)34(46(32)24-36(48)43-60(10,52)53)20-15-27-13-14-28(38(27)45(9)39(50)56-40(2,3)4)16-21-35-42(7,8)31-23-29(59-58-57-51)17-19-33(31)47(35)25-37(49)44-61(11,54)55/h12,15-23H,13-14,24-25H2,1-11H3,(H2-,43,44,48,49,51). The molecule has 5 rings (SSSR count). The van der Waals surface area contributed by atoms with Crippen LogP contribution in [0.2, 0.25) is 0 Å². The number of allylic oxidation sites excluding steroid dienone is 7. The number of carbonyl (C=O) groups is 3. The summed E-state index contributed by atoms with van der Waals surface area (Å²) in [5, 5.41) is 14.1. The number of rotatable bonds is 13. The van der Waals surface area contributed by atoms with Gasteiger partial charge in [-0.1, -0.05) is 43.7 Å². The quantitative estimate of drug-likeness (QED) is 0.120. The normalized spacial score (nSPS) is 18.6. The molecule has 19 heteroatoms. The number of amides is 3. The van der Waals surface area contributed by atoms with Gasteiger partial charge in [-0.15, -0.1) is 0 Å². The number of hydrogen-bond acceptors (Lipinski definition) is 13. The van der Waals surface area contributed by atoms with E-state index in [9.17, 15) is 36.5 Å².